The quantitative estimate of drug-likeness (QED) is 0.337. The second-order valence-electron chi connectivity index (χ2n) is 10.0. The van der Waals surface area contributed by atoms with Gasteiger partial charge in [-0.05, 0) is 73.2 Å². The monoisotopic (exact) mass is 536 g/mol. The number of amides is 2. The third kappa shape index (κ3) is 7.35. The molecular weight excluding hydrogens is 503 g/mol. The van der Waals surface area contributed by atoms with Crippen molar-refractivity contribution in [2.45, 2.75) is 64.6 Å². The van der Waals surface area contributed by atoms with Crippen LogP contribution in [0, 0.1) is 19.7 Å². The van der Waals surface area contributed by atoms with Crippen LogP contribution in [0.1, 0.15) is 47.9 Å². The Balaban J connectivity index is 1.61. The SMILES string of the molecule is Cc1cc(OCC(=O)N(Cc2ccc(F)cc2)[C@@H](Cc2ccccc2)C(=O)NC2CCCC2)cc(C)c1Cl. The van der Waals surface area contributed by atoms with Gasteiger partial charge in [0.1, 0.15) is 17.6 Å². The molecule has 0 heterocycles. The lowest BCUT2D eigenvalue weighted by atomic mass is 10.0. The smallest absolute Gasteiger partial charge is 0.261 e. The summed E-state index contributed by atoms with van der Waals surface area (Å²) >= 11 is 6.29. The van der Waals surface area contributed by atoms with Crippen LogP contribution in [0.25, 0.3) is 0 Å². The van der Waals surface area contributed by atoms with E-state index in [1.54, 1.807) is 29.2 Å². The van der Waals surface area contributed by atoms with Gasteiger partial charge in [-0.1, -0.05) is 66.9 Å². The van der Waals surface area contributed by atoms with Crippen molar-refractivity contribution in [3.8, 4) is 5.75 Å². The molecule has 0 aliphatic heterocycles. The molecule has 0 spiro atoms. The first-order valence-corrected chi connectivity index (χ1v) is 13.5. The molecule has 2 amide bonds. The van der Waals surface area contributed by atoms with Gasteiger partial charge in [0.2, 0.25) is 5.91 Å². The minimum atomic E-state index is -0.757. The van der Waals surface area contributed by atoms with Gasteiger partial charge in [0.15, 0.2) is 6.61 Å². The maximum Gasteiger partial charge on any atom is 0.261 e. The first-order valence-electron chi connectivity index (χ1n) is 13.1. The number of halogens is 2. The van der Waals surface area contributed by atoms with Gasteiger partial charge in [0.05, 0.1) is 0 Å². The predicted octanol–water partition coefficient (Wildman–Crippen LogP) is 6.17. The highest BCUT2D eigenvalue weighted by Gasteiger charge is 2.32. The minimum Gasteiger partial charge on any atom is -0.484 e. The first-order chi connectivity index (χ1) is 18.3. The van der Waals surface area contributed by atoms with Crippen LogP contribution < -0.4 is 10.1 Å². The van der Waals surface area contributed by atoms with Crippen LogP contribution in [0.5, 0.6) is 5.75 Å². The largest absolute Gasteiger partial charge is 0.484 e. The Morgan fingerprint density at radius 2 is 1.63 bits per heavy atom. The molecule has 1 N–H and O–H groups in total. The van der Waals surface area contributed by atoms with E-state index in [1.165, 1.54) is 12.1 Å². The van der Waals surface area contributed by atoms with Gasteiger partial charge in [-0.15, -0.1) is 0 Å². The number of carbonyl (C=O) groups excluding carboxylic acids is 2. The second-order valence-corrected chi connectivity index (χ2v) is 10.4. The number of rotatable bonds is 10. The third-order valence-electron chi connectivity index (χ3n) is 7.01. The number of nitrogens with zero attached hydrogens (tertiary/aromatic N) is 1. The van der Waals surface area contributed by atoms with Crippen LogP contribution in [-0.2, 0) is 22.6 Å². The lowest BCUT2D eigenvalue weighted by Gasteiger charge is -2.32. The zero-order valence-electron chi connectivity index (χ0n) is 21.9. The van der Waals surface area contributed by atoms with Crippen LogP contribution in [0.15, 0.2) is 66.7 Å². The normalized spacial score (nSPS) is 14.2. The molecule has 0 unspecified atom stereocenters. The van der Waals surface area contributed by atoms with Gasteiger partial charge < -0.3 is 15.0 Å². The third-order valence-corrected chi connectivity index (χ3v) is 7.61. The molecule has 1 fully saturated rings. The van der Waals surface area contributed by atoms with E-state index in [9.17, 15) is 14.0 Å². The molecule has 38 heavy (non-hydrogen) atoms. The number of hydrogen-bond donors (Lipinski definition) is 1. The summed E-state index contributed by atoms with van der Waals surface area (Å²) in [6.45, 7) is 3.67. The summed E-state index contributed by atoms with van der Waals surface area (Å²) < 4.78 is 19.5. The summed E-state index contributed by atoms with van der Waals surface area (Å²) in [6.07, 6.45) is 4.40. The van der Waals surface area contributed by atoms with Gasteiger partial charge in [0, 0.05) is 24.0 Å². The summed E-state index contributed by atoms with van der Waals surface area (Å²) in [6, 6.07) is 18.6. The Morgan fingerprint density at radius 1 is 1.00 bits per heavy atom. The highest BCUT2D eigenvalue weighted by molar-refractivity contribution is 6.32. The van der Waals surface area contributed by atoms with Gasteiger partial charge in [-0.2, -0.15) is 0 Å². The van der Waals surface area contributed by atoms with Crippen molar-refractivity contribution >= 4 is 23.4 Å². The number of nitrogens with one attached hydrogen (secondary N) is 1. The summed E-state index contributed by atoms with van der Waals surface area (Å²) in [5.41, 5.74) is 3.39. The highest BCUT2D eigenvalue weighted by Crippen LogP contribution is 2.26. The molecule has 0 saturated heterocycles. The summed E-state index contributed by atoms with van der Waals surface area (Å²) in [7, 11) is 0. The van der Waals surface area contributed by atoms with Crippen molar-refractivity contribution in [1.29, 1.82) is 0 Å². The van der Waals surface area contributed by atoms with E-state index >= 15 is 0 Å². The average Bonchev–Trinajstić information content (AvgIpc) is 3.42. The summed E-state index contributed by atoms with van der Waals surface area (Å²) in [5, 5.41) is 3.84. The van der Waals surface area contributed by atoms with E-state index in [1.807, 2.05) is 44.2 Å². The van der Waals surface area contributed by atoms with Crippen molar-refractivity contribution < 1.29 is 18.7 Å². The maximum absolute atomic E-state index is 13.7. The van der Waals surface area contributed by atoms with Gasteiger partial charge in [-0.25, -0.2) is 4.39 Å². The van der Waals surface area contributed by atoms with Crippen LogP contribution in [0.4, 0.5) is 4.39 Å². The lowest BCUT2D eigenvalue weighted by Crippen LogP contribution is -2.53. The Hall–Kier alpha value is -3.38. The molecular formula is C31H34ClFN2O3. The van der Waals surface area contributed by atoms with E-state index < -0.39 is 6.04 Å². The summed E-state index contributed by atoms with van der Waals surface area (Å²) in [4.78, 5) is 28.9. The number of hydrogen-bond acceptors (Lipinski definition) is 3. The topological polar surface area (TPSA) is 58.6 Å². The molecule has 200 valence electrons. The summed E-state index contributed by atoms with van der Waals surface area (Å²) in [5.74, 6) is -0.339. The first kappa shape index (κ1) is 27.6. The molecule has 1 aliphatic rings. The highest BCUT2D eigenvalue weighted by atomic mass is 35.5. The molecule has 3 aromatic carbocycles. The van der Waals surface area contributed by atoms with Gasteiger partial charge in [0.25, 0.3) is 5.91 Å². The van der Waals surface area contributed by atoms with E-state index in [0.29, 0.717) is 17.2 Å². The fourth-order valence-corrected chi connectivity index (χ4v) is 5.03. The molecule has 0 bridgehead atoms. The van der Waals surface area contributed by atoms with E-state index in [-0.39, 0.29) is 36.8 Å². The molecule has 0 aromatic heterocycles. The van der Waals surface area contributed by atoms with Crippen LogP contribution in [0.2, 0.25) is 5.02 Å². The molecule has 4 rings (SSSR count). The molecule has 1 aliphatic carbocycles. The number of ether oxygens (including phenoxy) is 1. The van der Waals surface area contributed by atoms with Crippen molar-refractivity contribution in [2.24, 2.45) is 0 Å². The van der Waals surface area contributed by atoms with Crippen molar-refractivity contribution in [1.82, 2.24) is 10.2 Å². The maximum atomic E-state index is 13.7. The zero-order chi connectivity index (χ0) is 27.1. The fourth-order valence-electron chi connectivity index (χ4n) is 4.93. The predicted molar refractivity (Wildman–Crippen MR) is 148 cm³/mol. The Labute approximate surface area is 228 Å². The molecule has 3 aromatic rings. The van der Waals surface area contributed by atoms with Crippen LogP contribution in [-0.4, -0.2) is 35.4 Å². The standard InChI is InChI=1S/C31H34ClFN2O3/c1-21-16-27(17-22(2)30(21)32)38-20-29(36)35(19-24-12-14-25(33)15-13-24)28(18-23-8-4-3-5-9-23)31(37)34-26-10-6-7-11-26/h3-5,8-9,12-17,26,28H,6-7,10-11,18-20H2,1-2H3,(H,34,37)/t28-/m0/s1. The van der Waals surface area contributed by atoms with Gasteiger partial charge >= 0.3 is 0 Å². The van der Waals surface area contributed by atoms with Crippen LogP contribution >= 0.6 is 11.6 Å². The van der Waals surface area contributed by atoms with E-state index in [4.69, 9.17) is 16.3 Å². The van der Waals surface area contributed by atoms with E-state index in [0.717, 1.165) is 47.9 Å². The lowest BCUT2D eigenvalue weighted by molar-refractivity contribution is -0.143. The fraction of sp³-hybridized carbons (Fsp3) is 0.355. The minimum absolute atomic E-state index is 0.111. The number of carbonyl (C=O) groups is 2. The Bertz CT molecular complexity index is 1220. The van der Waals surface area contributed by atoms with E-state index in [2.05, 4.69) is 5.32 Å². The zero-order valence-corrected chi connectivity index (χ0v) is 22.6. The number of aryl methyl sites for hydroxylation is 2. The average molecular weight is 537 g/mol. The van der Waals surface area contributed by atoms with Crippen LogP contribution in [0.3, 0.4) is 0 Å². The molecule has 1 saturated carbocycles. The Kier molecular flexibility index (Phi) is 9.40. The van der Waals surface area contributed by atoms with Crippen molar-refractivity contribution in [2.75, 3.05) is 6.61 Å². The molecule has 7 heteroatoms. The molecule has 5 nitrogen and oxygen atoms in total. The molecule has 0 radical (unpaired) electrons. The van der Waals surface area contributed by atoms with Crippen molar-refractivity contribution in [3.63, 3.8) is 0 Å². The second kappa shape index (κ2) is 12.9. The molecule has 1 atom stereocenters. The number of benzene rings is 3. The Morgan fingerprint density at radius 3 is 2.26 bits per heavy atom. The van der Waals surface area contributed by atoms with Gasteiger partial charge in [-0.3, -0.25) is 9.59 Å². The van der Waals surface area contributed by atoms with Crippen molar-refractivity contribution in [3.05, 3.63) is 99.8 Å².